The largest absolute Gasteiger partial charge is 0.299 e. The normalized spacial score (nSPS) is 21.5. The lowest BCUT2D eigenvalue weighted by Crippen LogP contribution is -2.33. The monoisotopic (exact) mass is 330 g/mol. The summed E-state index contributed by atoms with van der Waals surface area (Å²) >= 11 is 0. The molecule has 1 aliphatic carbocycles. The van der Waals surface area contributed by atoms with Crippen molar-refractivity contribution in [2.45, 2.75) is 25.7 Å². The minimum absolute atomic E-state index is 0.770. The van der Waals surface area contributed by atoms with Gasteiger partial charge in [-0.2, -0.15) is 0 Å². The third kappa shape index (κ3) is 4.08. The predicted octanol–water partition coefficient (Wildman–Crippen LogP) is 5.05. The second-order valence-corrected chi connectivity index (χ2v) is 7.22. The third-order valence-corrected chi connectivity index (χ3v) is 5.46. The van der Waals surface area contributed by atoms with Crippen LogP contribution < -0.4 is 0 Å². The molecule has 0 saturated heterocycles. The summed E-state index contributed by atoms with van der Waals surface area (Å²) in [5.41, 5.74) is 5.69. The van der Waals surface area contributed by atoms with Gasteiger partial charge in [0.05, 0.1) is 0 Å². The Hall–Kier alpha value is -2.19. The first-order valence-electron chi connectivity index (χ1n) is 9.45. The van der Waals surface area contributed by atoms with Crippen LogP contribution >= 0.6 is 0 Å². The lowest BCUT2D eigenvalue weighted by atomic mass is 9.85. The molecule has 1 unspecified atom stereocenters. The van der Waals surface area contributed by atoms with E-state index in [0.29, 0.717) is 0 Å². The smallest absolute Gasteiger partial charge is 0.0342 e. The highest BCUT2D eigenvalue weighted by Crippen LogP contribution is 2.32. The molecular weight excluding hydrogens is 304 g/mol. The van der Waals surface area contributed by atoms with Gasteiger partial charge >= 0.3 is 0 Å². The summed E-state index contributed by atoms with van der Waals surface area (Å²) in [4.78, 5) is 6.91. The maximum absolute atomic E-state index is 4.28. The van der Waals surface area contributed by atoms with Crippen molar-refractivity contribution < 1.29 is 0 Å². The molecule has 0 N–H and O–H groups in total. The lowest BCUT2D eigenvalue weighted by molar-refractivity contribution is 0.244. The van der Waals surface area contributed by atoms with Crippen molar-refractivity contribution in [2.24, 2.45) is 5.92 Å². The molecule has 0 fully saturated rings. The first kappa shape index (κ1) is 16.3. The van der Waals surface area contributed by atoms with Gasteiger partial charge in [0.1, 0.15) is 0 Å². The molecule has 25 heavy (non-hydrogen) atoms. The van der Waals surface area contributed by atoms with E-state index < -0.39 is 0 Å². The van der Waals surface area contributed by atoms with Crippen LogP contribution in [0.2, 0.25) is 0 Å². The molecule has 0 bridgehead atoms. The summed E-state index contributed by atoms with van der Waals surface area (Å²) in [7, 11) is 0. The van der Waals surface area contributed by atoms with E-state index in [0.717, 1.165) is 12.5 Å². The average molecular weight is 330 g/mol. The number of nitrogens with zero attached hydrogens (tertiary/aromatic N) is 2. The first-order chi connectivity index (χ1) is 12.4. The molecular formula is C23H26N2. The Morgan fingerprint density at radius 3 is 2.60 bits per heavy atom. The number of aromatic nitrogens is 1. The Morgan fingerprint density at radius 2 is 1.84 bits per heavy atom. The zero-order valence-corrected chi connectivity index (χ0v) is 14.8. The number of pyridine rings is 1. The van der Waals surface area contributed by atoms with Gasteiger partial charge in [-0.3, -0.25) is 9.88 Å². The summed E-state index contributed by atoms with van der Waals surface area (Å²) in [6.07, 6.45) is 13.6. The maximum Gasteiger partial charge on any atom is 0.0342 e. The lowest BCUT2D eigenvalue weighted by Gasteiger charge is -2.32. The maximum atomic E-state index is 4.28. The molecule has 0 amide bonds. The van der Waals surface area contributed by atoms with Crippen LogP contribution in [0, 0.1) is 5.92 Å². The zero-order chi connectivity index (χ0) is 16.9. The van der Waals surface area contributed by atoms with Gasteiger partial charge in [-0.1, -0.05) is 48.6 Å². The van der Waals surface area contributed by atoms with Crippen molar-refractivity contribution in [2.75, 3.05) is 19.6 Å². The standard InChI is InChI=1S/C23H26N2/c1-2-7-20(8-3-1)21-11-14-25(15-12-21)18-19-6-4-9-22(16-19)23-10-5-13-24-17-23/h1-3,5,7-11,13,17,19H,4,6,12,14-16,18H2. The van der Waals surface area contributed by atoms with E-state index in [-0.39, 0.29) is 0 Å². The third-order valence-electron chi connectivity index (χ3n) is 5.46. The quantitative estimate of drug-likeness (QED) is 0.779. The van der Waals surface area contributed by atoms with Gasteiger partial charge in [0.15, 0.2) is 0 Å². The number of hydrogen-bond donors (Lipinski definition) is 0. The van der Waals surface area contributed by atoms with Gasteiger partial charge in [-0.15, -0.1) is 0 Å². The van der Waals surface area contributed by atoms with Crippen molar-refractivity contribution >= 4 is 11.1 Å². The molecule has 4 rings (SSSR count). The van der Waals surface area contributed by atoms with Crippen molar-refractivity contribution in [3.8, 4) is 0 Å². The molecule has 1 aromatic heterocycles. The van der Waals surface area contributed by atoms with Crippen LogP contribution in [0.4, 0.5) is 0 Å². The Balaban J connectivity index is 1.35. The Bertz CT molecular complexity index is 746. The van der Waals surface area contributed by atoms with E-state index >= 15 is 0 Å². The topological polar surface area (TPSA) is 16.1 Å². The van der Waals surface area contributed by atoms with Gasteiger partial charge < -0.3 is 0 Å². The van der Waals surface area contributed by atoms with Crippen LogP contribution in [-0.4, -0.2) is 29.5 Å². The first-order valence-corrected chi connectivity index (χ1v) is 9.45. The van der Waals surface area contributed by atoms with Gasteiger partial charge in [0.2, 0.25) is 0 Å². The van der Waals surface area contributed by atoms with Crippen LogP contribution in [0.15, 0.2) is 67.0 Å². The summed E-state index contributed by atoms with van der Waals surface area (Å²) in [6, 6.07) is 15.1. The van der Waals surface area contributed by atoms with Crippen LogP contribution in [0.5, 0.6) is 0 Å². The molecule has 2 heteroatoms. The highest BCUT2D eigenvalue weighted by molar-refractivity contribution is 5.67. The minimum atomic E-state index is 0.770. The Morgan fingerprint density at radius 1 is 0.960 bits per heavy atom. The molecule has 2 nitrogen and oxygen atoms in total. The number of hydrogen-bond acceptors (Lipinski definition) is 2. The second kappa shape index (κ2) is 7.79. The summed E-state index contributed by atoms with van der Waals surface area (Å²) in [5, 5.41) is 0. The molecule has 0 radical (unpaired) electrons. The molecule has 128 valence electrons. The average Bonchev–Trinajstić information content (AvgIpc) is 2.70. The second-order valence-electron chi connectivity index (χ2n) is 7.22. The van der Waals surface area contributed by atoms with Crippen molar-refractivity contribution in [1.82, 2.24) is 9.88 Å². The van der Waals surface area contributed by atoms with Crippen molar-refractivity contribution in [3.63, 3.8) is 0 Å². The zero-order valence-electron chi connectivity index (χ0n) is 14.8. The van der Waals surface area contributed by atoms with E-state index in [4.69, 9.17) is 0 Å². The van der Waals surface area contributed by atoms with Crippen molar-refractivity contribution in [3.05, 3.63) is 78.1 Å². The van der Waals surface area contributed by atoms with Gasteiger partial charge in [-0.05, 0) is 59.9 Å². The molecule has 0 saturated carbocycles. The minimum Gasteiger partial charge on any atom is -0.299 e. The fourth-order valence-corrected chi connectivity index (χ4v) is 4.09. The fraction of sp³-hybridized carbons (Fsp3) is 0.348. The molecule has 2 aliphatic rings. The van der Waals surface area contributed by atoms with E-state index in [9.17, 15) is 0 Å². The number of allylic oxidation sites excluding steroid dienone is 2. The Kier molecular flexibility index (Phi) is 5.08. The summed E-state index contributed by atoms with van der Waals surface area (Å²) in [6.45, 7) is 3.49. The Labute approximate surface area is 150 Å². The van der Waals surface area contributed by atoms with Crippen LogP contribution in [0.25, 0.3) is 11.1 Å². The molecule has 1 atom stereocenters. The van der Waals surface area contributed by atoms with Crippen LogP contribution in [0.3, 0.4) is 0 Å². The fourth-order valence-electron chi connectivity index (χ4n) is 4.09. The van der Waals surface area contributed by atoms with Crippen LogP contribution in [0.1, 0.15) is 36.8 Å². The molecule has 1 aromatic carbocycles. The van der Waals surface area contributed by atoms with Crippen molar-refractivity contribution in [1.29, 1.82) is 0 Å². The van der Waals surface area contributed by atoms with Gasteiger partial charge in [-0.25, -0.2) is 0 Å². The summed E-state index contributed by atoms with van der Waals surface area (Å²) in [5.74, 6) is 0.770. The predicted molar refractivity (Wildman–Crippen MR) is 105 cm³/mol. The van der Waals surface area contributed by atoms with E-state index in [1.54, 1.807) is 0 Å². The SMILES string of the molecule is C1=C(c2ccccc2)CCN(CC2CCC=C(c3cccnc3)C2)C1. The number of benzene rings is 1. The highest BCUT2D eigenvalue weighted by Gasteiger charge is 2.21. The molecule has 1 aliphatic heterocycles. The highest BCUT2D eigenvalue weighted by atomic mass is 15.1. The molecule has 2 aromatic rings. The van der Waals surface area contributed by atoms with E-state index in [1.807, 2.05) is 18.5 Å². The number of rotatable bonds is 4. The van der Waals surface area contributed by atoms with E-state index in [1.165, 1.54) is 61.0 Å². The van der Waals surface area contributed by atoms with Crippen LogP contribution in [-0.2, 0) is 0 Å². The summed E-state index contributed by atoms with van der Waals surface area (Å²) < 4.78 is 0. The van der Waals surface area contributed by atoms with Gasteiger partial charge in [0, 0.05) is 32.0 Å². The molecule has 0 spiro atoms. The van der Waals surface area contributed by atoms with Gasteiger partial charge in [0.25, 0.3) is 0 Å². The van der Waals surface area contributed by atoms with E-state index in [2.05, 4.69) is 58.4 Å². The molecule has 2 heterocycles.